The van der Waals surface area contributed by atoms with Crippen LogP contribution in [0, 0.1) is 16.6 Å². The minimum atomic E-state index is -1.54. The number of phenolic OH excluding ortho intramolecular Hbond substituents is 1. The van der Waals surface area contributed by atoms with E-state index in [1.165, 1.54) is 37.7 Å². The molecule has 1 atom stereocenters. The number of aliphatic carboxylic acids is 1. The van der Waals surface area contributed by atoms with E-state index in [0.29, 0.717) is 10.9 Å². The summed E-state index contributed by atoms with van der Waals surface area (Å²) in [4.78, 5) is 32.3. The topological polar surface area (TPSA) is 131 Å². The zero-order chi connectivity index (χ0) is 23.3. The summed E-state index contributed by atoms with van der Waals surface area (Å²) in [5, 5.41) is 22.3. The number of phenols is 1. The summed E-state index contributed by atoms with van der Waals surface area (Å²) in [6.45, 7) is 3.39. The van der Waals surface area contributed by atoms with Crippen molar-refractivity contribution in [3.63, 3.8) is 0 Å². The first-order valence-electron chi connectivity index (χ1n) is 9.63. The molecule has 1 aliphatic rings. The van der Waals surface area contributed by atoms with E-state index in [2.05, 4.69) is 15.3 Å². The highest BCUT2D eigenvalue weighted by atomic mass is 19.1. The first-order chi connectivity index (χ1) is 15.1. The first kappa shape index (κ1) is 21.3. The maximum atomic E-state index is 14.7. The fraction of sp³-hybridized carbons (Fsp3) is 0.273. The van der Waals surface area contributed by atoms with Crippen molar-refractivity contribution >= 4 is 28.5 Å². The molecule has 1 heterocycles. The highest BCUT2D eigenvalue weighted by Gasteiger charge is 2.72. The number of carbonyl (C=O) groups is 2. The second-order valence-electron chi connectivity index (χ2n) is 8.19. The van der Waals surface area contributed by atoms with Gasteiger partial charge in [0.2, 0.25) is 11.8 Å². The molecule has 10 heteroatoms. The Morgan fingerprint density at radius 2 is 1.88 bits per heavy atom. The summed E-state index contributed by atoms with van der Waals surface area (Å²) in [5.74, 6) is -2.78. The molecule has 32 heavy (non-hydrogen) atoms. The predicted molar refractivity (Wildman–Crippen MR) is 111 cm³/mol. The minimum absolute atomic E-state index is 0.0357. The van der Waals surface area contributed by atoms with Gasteiger partial charge in [0.1, 0.15) is 6.33 Å². The molecule has 2 aromatic carbocycles. The molecule has 1 aliphatic carbocycles. The lowest BCUT2D eigenvalue weighted by atomic mass is 9.95. The van der Waals surface area contributed by atoms with Gasteiger partial charge >= 0.3 is 5.97 Å². The van der Waals surface area contributed by atoms with Gasteiger partial charge in [-0.2, -0.15) is 0 Å². The number of benzene rings is 2. The largest absolute Gasteiger partial charge is 0.504 e. The molecule has 1 unspecified atom stereocenters. The summed E-state index contributed by atoms with van der Waals surface area (Å²) >= 11 is 0. The molecule has 1 amide bonds. The van der Waals surface area contributed by atoms with Crippen LogP contribution in [0.25, 0.3) is 10.9 Å². The highest BCUT2D eigenvalue weighted by Crippen LogP contribution is 2.64. The predicted octanol–water partition coefficient (Wildman–Crippen LogP) is 3.71. The van der Waals surface area contributed by atoms with Crippen LogP contribution < -0.4 is 14.8 Å². The van der Waals surface area contributed by atoms with Gasteiger partial charge in [0.25, 0.3) is 0 Å². The molecule has 3 N–H and O–H groups in total. The van der Waals surface area contributed by atoms with E-state index >= 15 is 0 Å². The van der Waals surface area contributed by atoms with Gasteiger partial charge in [-0.15, -0.1) is 0 Å². The van der Waals surface area contributed by atoms with Crippen molar-refractivity contribution in [2.24, 2.45) is 10.8 Å². The lowest BCUT2D eigenvalue weighted by Gasteiger charge is -2.16. The molecule has 9 nitrogen and oxygen atoms in total. The zero-order valence-corrected chi connectivity index (χ0v) is 17.5. The van der Waals surface area contributed by atoms with Crippen molar-refractivity contribution in [2.45, 2.75) is 20.3 Å². The van der Waals surface area contributed by atoms with Gasteiger partial charge in [-0.1, -0.05) is 13.8 Å². The number of hydrogen-bond donors (Lipinski definition) is 3. The van der Waals surface area contributed by atoms with Crippen LogP contribution in [-0.2, 0) is 9.59 Å². The van der Waals surface area contributed by atoms with Crippen LogP contribution >= 0.6 is 0 Å². The van der Waals surface area contributed by atoms with Crippen molar-refractivity contribution in [3.05, 3.63) is 42.5 Å². The van der Waals surface area contributed by atoms with Crippen molar-refractivity contribution in [1.82, 2.24) is 9.97 Å². The van der Waals surface area contributed by atoms with Gasteiger partial charge in [0.15, 0.2) is 28.5 Å². The summed E-state index contributed by atoms with van der Waals surface area (Å²) in [6, 6.07) is 6.57. The third-order valence-electron chi connectivity index (χ3n) is 5.79. The number of carbonyl (C=O) groups excluding carboxylic acids is 1. The fourth-order valence-electron chi connectivity index (χ4n) is 3.77. The third-order valence-corrected chi connectivity index (χ3v) is 5.79. The Morgan fingerprint density at radius 3 is 2.47 bits per heavy atom. The van der Waals surface area contributed by atoms with Gasteiger partial charge in [-0.25, -0.2) is 14.4 Å². The highest BCUT2D eigenvalue weighted by molar-refractivity contribution is 6.12. The summed E-state index contributed by atoms with van der Waals surface area (Å²) in [7, 11) is 1.38. The number of methoxy groups -OCH3 is 1. The molecule has 0 spiro atoms. The van der Waals surface area contributed by atoms with Gasteiger partial charge in [-0.3, -0.25) is 9.59 Å². The second kappa shape index (κ2) is 7.33. The Bertz CT molecular complexity index is 1260. The quantitative estimate of drug-likeness (QED) is 0.494. The van der Waals surface area contributed by atoms with E-state index in [1.54, 1.807) is 13.8 Å². The van der Waals surface area contributed by atoms with E-state index in [0.717, 1.165) is 6.07 Å². The minimum Gasteiger partial charge on any atom is -0.504 e. The number of ether oxygens (including phenoxy) is 2. The van der Waals surface area contributed by atoms with Crippen molar-refractivity contribution in [1.29, 1.82) is 0 Å². The average molecular weight is 441 g/mol. The van der Waals surface area contributed by atoms with Gasteiger partial charge in [-0.05, 0) is 30.0 Å². The lowest BCUT2D eigenvalue weighted by Crippen LogP contribution is -2.35. The molecule has 1 aromatic heterocycles. The molecule has 1 fully saturated rings. The van der Waals surface area contributed by atoms with Gasteiger partial charge < -0.3 is 25.0 Å². The monoisotopic (exact) mass is 441 g/mol. The van der Waals surface area contributed by atoms with Crippen LogP contribution in [0.2, 0.25) is 0 Å². The molecule has 0 radical (unpaired) electrons. The Labute approximate surface area is 181 Å². The fourth-order valence-corrected chi connectivity index (χ4v) is 3.77. The number of carboxylic acid groups (broad SMARTS) is 1. The van der Waals surface area contributed by atoms with Crippen LogP contribution in [0.15, 0.2) is 36.7 Å². The molecule has 3 aromatic rings. The number of rotatable bonds is 6. The average Bonchev–Trinajstić information content (AvgIpc) is 3.33. The zero-order valence-electron chi connectivity index (χ0n) is 17.5. The number of amides is 1. The Balaban J connectivity index is 1.59. The van der Waals surface area contributed by atoms with Crippen molar-refractivity contribution in [3.8, 4) is 23.1 Å². The van der Waals surface area contributed by atoms with E-state index in [1.807, 2.05) is 0 Å². The van der Waals surface area contributed by atoms with E-state index < -0.39 is 28.5 Å². The van der Waals surface area contributed by atoms with Crippen LogP contribution in [0.1, 0.15) is 20.3 Å². The molecule has 166 valence electrons. The summed E-state index contributed by atoms with van der Waals surface area (Å²) < 4.78 is 25.4. The smallest absolute Gasteiger partial charge is 0.319 e. The van der Waals surface area contributed by atoms with Crippen molar-refractivity contribution < 1.29 is 33.7 Å². The Morgan fingerprint density at radius 1 is 1.16 bits per heavy atom. The maximum absolute atomic E-state index is 14.7. The molecule has 0 bridgehead atoms. The summed E-state index contributed by atoms with van der Waals surface area (Å²) in [5.41, 5.74) is -1.76. The SMILES string of the molecule is COc1cc2c(Oc3ccc(NC(=O)C4(C(=O)O)CC4(C)C)cc3F)ncnc2cc1O. The standard InChI is InChI=1S/C22H20FN3O6/c1-21(2)9-22(21,20(29)30)19(28)26-11-4-5-16(13(23)6-11)32-18-12-7-17(31-3)15(27)8-14(12)24-10-25-18/h4-8,10,27H,9H2,1-3H3,(H,26,28)(H,29,30). The number of nitrogens with zero attached hydrogens (tertiary/aromatic N) is 2. The molecular formula is C22H20FN3O6. The van der Waals surface area contributed by atoms with Crippen LogP contribution in [0.5, 0.6) is 23.1 Å². The maximum Gasteiger partial charge on any atom is 0.319 e. The van der Waals surface area contributed by atoms with Crippen molar-refractivity contribution in [2.75, 3.05) is 12.4 Å². The molecule has 4 rings (SSSR count). The number of anilines is 1. The Kier molecular flexibility index (Phi) is 4.87. The number of halogens is 1. The Hall–Kier alpha value is -3.95. The van der Waals surface area contributed by atoms with Crippen LogP contribution in [0.4, 0.5) is 10.1 Å². The van der Waals surface area contributed by atoms with Gasteiger partial charge in [0, 0.05) is 17.8 Å². The third kappa shape index (κ3) is 3.33. The number of nitrogens with one attached hydrogen (secondary N) is 1. The second-order valence-corrected chi connectivity index (χ2v) is 8.19. The molecule has 0 saturated heterocycles. The number of hydrogen-bond acceptors (Lipinski definition) is 7. The van der Waals surface area contributed by atoms with Gasteiger partial charge in [0.05, 0.1) is 18.0 Å². The van der Waals surface area contributed by atoms with E-state index in [4.69, 9.17) is 9.47 Å². The number of aromatic nitrogens is 2. The number of aromatic hydroxyl groups is 1. The van der Waals surface area contributed by atoms with Crippen LogP contribution in [-0.4, -0.2) is 39.2 Å². The molecule has 0 aliphatic heterocycles. The molecule has 1 saturated carbocycles. The number of fused-ring (bicyclic) bond motifs is 1. The van der Waals surface area contributed by atoms with E-state index in [-0.39, 0.29) is 35.2 Å². The molecular weight excluding hydrogens is 421 g/mol. The van der Waals surface area contributed by atoms with E-state index in [9.17, 15) is 24.2 Å². The summed E-state index contributed by atoms with van der Waals surface area (Å²) in [6.07, 6.45) is 1.41. The number of carboxylic acids is 1. The van der Waals surface area contributed by atoms with Crippen LogP contribution in [0.3, 0.4) is 0 Å². The normalized spacial score (nSPS) is 18.8. The lowest BCUT2D eigenvalue weighted by molar-refractivity contribution is -0.149. The first-order valence-corrected chi connectivity index (χ1v) is 9.63.